The Balaban J connectivity index is 2.73. The van der Waals surface area contributed by atoms with Crippen LogP contribution in [0.2, 0.25) is 0 Å². The van der Waals surface area contributed by atoms with Gasteiger partial charge in [-0.3, -0.25) is 0 Å². The maximum Gasteiger partial charge on any atom is 0.224 e. The minimum absolute atomic E-state index is 0.0256. The lowest BCUT2D eigenvalue weighted by Gasteiger charge is -2.21. The van der Waals surface area contributed by atoms with Gasteiger partial charge in [0.15, 0.2) is 0 Å². The maximum atomic E-state index is 4.31. The number of nitrogens with zero attached hydrogens (tertiary/aromatic N) is 2. The fourth-order valence-electron chi connectivity index (χ4n) is 1.06. The van der Waals surface area contributed by atoms with Gasteiger partial charge in [-0.25, -0.2) is 4.98 Å². The van der Waals surface area contributed by atoms with E-state index in [1.165, 1.54) is 0 Å². The lowest BCUT2D eigenvalue weighted by molar-refractivity contribution is 0.630. The fraction of sp³-hybridized carbons (Fsp3) is 0.600. The maximum absolute atomic E-state index is 4.31. The third-order valence-corrected chi connectivity index (χ3v) is 1.49. The number of nitrogens with one attached hydrogen (secondary N) is 2. The molecular weight excluding hydrogens is 176 g/mol. The summed E-state index contributed by atoms with van der Waals surface area (Å²) in [5, 5.41) is 6.36. The van der Waals surface area contributed by atoms with Gasteiger partial charge in [0.25, 0.3) is 0 Å². The van der Waals surface area contributed by atoms with E-state index in [4.69, 9.17) is 0 Å². The van der Waals surface area contributed by atoms with Crippen LogP contribution in [0, 0.1) is 0 Å². The molecule has 1 rings (SSSR count). The number of rotatable bonds is 3. The van der Waals surface area contributed by atoms with Crippen LogP contribution in [-0.4, -0.2) is 22.1 Å². The average molecular weight is 194 g/mol. The van der Waals surface area contributed by atoms with E-state index < -0.39 is 0 Å². The van der Waals surface area contributed by atoms with Gasteiger partial charge in [0, 0.05) is 18.3 Å². The van der Waals surface area contributed by atoms with Crippen molar-refractivity contribution in [1.82, 2.24) is 9.97 Å². The van der Waals surface area contributed by atoms with Gasteiger partial charge < -0.3 is 10.6 Å². The van der Waals surface area contributed by atoms with Crippen LogP contribution in [-0.2, 0) is 0 Å². The second kappa shape index (κ2) is 4.26. The monoisotopic (exact) mass is 194 g/mol. The second-order valence-corrected chi connectivity index (χ2v) is 4.17. The van der Waals surface area contributed by atoms with Crippen molar-refractivity contribution in [3.05, 3.63) is 12.3 Å². The number of hydrogen-bond donors (Lipinski definition) is 2. The van der Waals surface area contributed by atoms with Crippen molar-refractivity contribution in [2.45, 2.75) is 33.2 Å². The molecule has 0 saturated heterocycles. The summed E-state index contributed by atoms with van der Waals surface area (Å²) in [7, 11) is 0. The van der Waals surface area contributed by atoms with Crippen LogP contribution in [0.15, 0.2) is 12.3 Å². The summed E-state index contributed by atoms with van der Waals surface area (Å²) in [5.74, 6) is 1.52. The van der Waals surface area contributed by atoms with Crippen molar-refractivity contribution < 1.29 is 0 Å². The first-order valence-electron chi connectivity index (χ1n) is 4.86. The Labute approximate surface area is 85.2 Å². The zero-order chi connectivity index (χ0) is 10.6. The normalized spacial score (nSPS) is 11.1. The SMILES string of the molecule is CCNc1nccc(NC(C)(C)C)n1. The molecule has 14 heavy (non-hydrogen) atoms. The van der Waals surface area contributed by atoms with Gasteiger partial charge in [-0.1, -0.05) is 0 Å². The van der Waals surface area contributed by atoms with E-state index in [0.717, 1.165) is 12.4 Å². The molecule has 4 nitrogen and oxygen atoms in total. The van der Waals surface area contributed by atoms with Crippen LogP contribution < -0.4 is 10.6 Å². The van der Waals surface area contributed by atoms with E-state index in [2.05, 4.69) is 41.4 Å². The van der Waals surface area contributed by atoms with E-state index in [9.17, 15) is 0 Å². The molecule has 0 fully saturated rings. The quantitative estimate of drug-likeness (QED) is 0.773. The molecule has 0 aliphatic heterocycles. The summed E-state index contributed by atoms with van der Waals surface area (Å²) in [5.41, 5.74) is 0.0256. The third kappa shape index (κ3) is 3.60. The van der Waals surface area contributed by atoms with Gasteiger partial charge in [-0.05, 0) is 33.8 Å². The molecule has 2 N–H and O–H groups in total. The van der Waals surface area contributed by atoms with Gasteiger partial charge in [0.1, 0.15) is 5.82 Å². The molecule has 0 aliphatic carbocycles. The third-order valence-electron chi connectivity index (χ3n) is 1.49. The molecule has 0 bridgehead atoms. The lowest BCUT2D eigenvalue weighted by atomic mass is 10.1. The van der Waals surface area contributed by atoms with Crippen molar-refractivity contribution in [2.24, 2.45) is 0 Å². The molecule has 0 atom stereocenters. The number of hydrogen-bond acceptors (Lipinski definition) is 4. The molecule has 0 unspecified atom stereocenters. The van der Waals surface area contributed by atoms with Crippen molar-refractivity contribution in [2.75, 3.05) is 17.2 Å². The Morgan fingerprint density at radius 2 is 2.07 bits per heavy atom. The Kier molecular flexibility index (Phi) is 3.28. The van der Waals surface area contributed by atoms with E-state index in [0.29, 0.717) is 5.95 Å². The van der Waals surface area contributed by atoms with Crippen LogP contribution in [0.5, 0.6) is 0 Å². The summed E-state index contributed by atoms with van der Waals surface area (Å²) in [6.07, 6.45) is 1.75. The summed E-state index contributed by atoms with van der Waals surface area (Å²) >= 11 is 0. The average Bonchev–Trinajstić information content (AvgIpc) is 2.02. The standard InChI is InChI=1S/C10H18N4/c1-5-11-9-12-7-6-8(13-9)14-10(2,3)4/h6-7H,5H2,1-4H3,(H2,11,12,13,14). The van der Waals surface area contributed by atoms with Crippen LogP contribution in [0.1, 0.15) is 27.7 Å². The highest BCUT2D eigenvalue weighted by molar-refractivity contribution is 5.41. The van der Waals surface area contributed by atoms with E-state index in [-0.39, 0.29) is 5.54 Å². The molecular formula is C10H18N4. The summed E-state index contributed by atoms with van der Waals surface area (Å²) in [4.78, 5) is 8.41. The molecule has 0 aliphatic rings. The zero-order valence-corrected chi connectivity index (χ0v) is 9.26. The van der Waals surface area contributed by atoms with E-state index in [1.54, 1.807) is 6.20 Å². The topological polar surface area (TPSA) is 49.8 Å². The number of aromatic nitrogens is 2. The van der Waals surface area contributed by atoms with E-state index >= 15 is 0 Å². The highest BCUT2D eigenvalue weighted by Gasteiger charge is 2.10. The number of anilines is 2. The summed E-state index contributed by atoms with van der Waals surface area (Å²) in [6, 6.07) is 1.87. The molecule has 4 heteroatoms. The first kappa shape index (κ1) is 10.8. The van der Waals surface area contributed by atoms with Crippen LogP contribution in [0.3, 0.4) is 0 Å². The van der Waals surface area contributed by atoms with Gasteiger partial charge in [0.05, 0.1) is 0 Å². The van der Waals surface area contributed by atoms with Gasteiger partial charge >= 0.3 is 0 Å². The predicted octanol–water partition coefficient (Wildman–Crippen LogP) is 2.12. The smallest absolute Gasteiger partial charge is 0.224 e. The molecule has 0 spiro atoms. The largest absolute Gasteiger partial charge is 0.365 e. The first-order valence-corrected chi connectivity index (χ1v) is 4.86. The fourth-order valence-corrected chi connectivity index (χ4v) is 1.06. The Bertz CT molecular complexity index is 290. The van der Waals surface area contributed by atoms with Crippen molar-refractivity contribution >= 4 is 11.8 Å². The molecule has 0 saturated carbocycles. The van der Waals surface area contributed by atoms with Gasteiger partial charge in [-0.2, -0.15) is 4.98 Å². The molecule has 0 aromatic carbocycles. The minimum atomic E-state index is 0.0256. The van der Waals surface area contributed by atoms with Crippen LogP contribution in [0.25, 0.3) is 0 Å². The Morgan fingerprint density at radius 1 is 1.36 bits per heavy atom. The summed E-state index contributed by atoms with van der Waals surface area (Å²) < 4.78 is 0. The zero-order valence-electron chi connectivity index (χ0n) is 9.26. The Morgan fingerprint density at radius 3 is 2.64 bits per heavy atom. The Hall–Kier alpha value is -1.32. The van der Waals surface area contributed by atoms with Gasteiger partial charge in [-0.15, -0.1) is 0 Å². The second-order valence-electron chi connectivity index (χ2n) is 4.17. The molecule has 78 valence electrons. The van der Waals surface area contributed by atoms with Crippen molar-refractivity contribution in [3.8, 4) is 0 Å². The van der Waals surface area contributed by atoms with Gasteiger partial charge in [0.2, 0.25) is 5.95 Å². The molecule has 0 radical (unpaired) electrons. The predicted molar refractivity (Wildman–Crippen MR) is 59.6 cm³/mol. The molecule has 1 aromatic heterocycles. The van der Waals surface area contributed by atoms with Crippen molar-refractivity contribution in [3.63, 3.8) is 0 Å². The molecule has 0 amide bonds. The highest BCUT2D eigenvalue weighted by atomic mass is 15.1. The molecule has 1 aromatic rings. The van der Waals surface area contributed by atoms with Crippen LogP contribution in [0.4, 0.5) is 11.8 Å². The lowest BCUT2D eigenvalue weighted by Crippen LogP contribution is -2.26. The first-order chi connectivity index (χ1) is 6.51. The molecule has 1 heterocycles. The van der Waals surface area contributed by atoms with Crippen LogP contribution >= 0.6 is 0 Å². The van der Waals surface area contributed by atoms with E-state index in [1.807, 2.05) is 13.0 Å². The minimum Gasteiger partial charge on any atom is -0.365 e. The highest BCUT2D eigenvalue weighted by Crippen LogP contribution is 2.12. The summed E-state index contributed by atoms with van der Waals surface area (Å²) in [6.45, 7) is 9.15. The van der Waals surface area contributed by atoms with Crippen molar-refractivity contribution in [1.29, 1.82) is 0 Å².